The lowest BCUT2D eigenvalue weighted by molar-refractivity contribution is 0.392. The zero-order valence-corrected chi connectivity index (χ0v) is 10.6. The Morgan fingerprint density at radius 3 is 2.56 bits per heavy atom. The van der Waals surface area contributed by atoms with Gasteiger partial charge < -0.3 is 9.47 Å². The maximum atomic E-state index is 5.22. The lowest BCUT2D eigenvalue weighted by Crippen LogP contribution is -1.98. The van der Waals surface area contributed by atoms with E-state index < -0.39 is 0 Å². The SMILES string of the molecule is COc1ccc(CCc2cccnc2OC)cn1. The van der Waals surface area contributed by atoms with Gasteiger partial charge in [0.25, 0.3) is 0 Å². The van der Waals surface area contributed by atoms with Crippen molar-refractivity contribution in [2.24, 2.45) is 0 Å². The van der Waals surface area contributed by atoms with Crippen molar-refractivity contribution >= 4 is 0 Å². The lowest BCUT2D eigenvalue weighted by atomic mass is 10.1. The number of ether oxygens (including phenoxy) is 2. The van der Waals surface area contributed by atoms with Gasteiger partial charge in [0.1, 0.15) is 0 Å². The first kappa shape index (κ1) is 12.4. The Bertz CT molecular complexity index is 497. The molecular formula is C14H16N2O2. The van der Waals surface area contributed by atoms with Crippen LogP contribution in [-0.4, -0.2) is 24.2 Å². The van der Waals surface area contributed by atoms with E-state index in [-0.39, 0.29) is 0 Å². The van der Waals surface area contributed by atoms with E-state index in [1.54, 1.807) is 20.4 Å². The largest absolute Gasteiger partial charge is 0.481 e. The van der Waals surface area contributed by atoms with E-state index in [4.69, 9.17) is 9.47 Å². The fourth-order valence-corrected chi connectivity index (χ4v) is 1.76. The quantitative estimate of drug-likeness (QED) is 0.809. The van der Waals surface area contributed by atoms with E-state index in [0.717, 1.165) is 18.4 Å². The summed E-state index contributed by atoms with van der Waals surface area (Å²) in [7, 11) is 3.25. The number of hydrogen-bond acceptors (Lipinski definition) is 4. The van der Waals surface area contributed by atoms with E-state index in [2.05, 4.69) is 9.97 Å². The Hall–Kier alpha value is -2.10. The standard InChI is InChI=1S/C14H16N2O2/c1-17-13-8-6-11(10-16-13)5-7-12-4-3-9-15-14(12)18-2/h3-4,6,8-10H,5,7H2,1-2H3. The highest BCUT2D eigenvalue weighted by molar-refractivity contribution is 5.27. The molecule has 0 N–H and O–H groups in total. The fourth-order valence-electron chi connectivity index (χ4n) is 1.76. The highest BCUT2D eigenvalue weighted by Gasteiger charge is 2.04. The topological polar surface area (TPSA) is 44.2 Å². The van der Waals surface area contributed by atoms with Crippen molar-refractivity contribution < 1.29 is 9.47 Å². The first-order valence-electron chi connectivity index (χ1n) is 5.80. The van der Waals surface area contributed by atoms with Crippen molar-refractivity contribution in [2.75, 3.05) is 14.2 Å². The molecule has 0 aromatic carbocycles. The summed E-state index contributed by atoms with van der Waals surface area (Å²) in [5.41, 5.74) is 2.28. The average molecular weight is 244 g/mol. The zero-order chi connectivity index (χ0) is 12.8. The van der Waals surface area contributed by atoms with Gasteiger partial charge in [-0.3, -0.25) is 0 Å². The molecule has 0 radical (unpaired) electrons. The van der Waals surface area contributed by atoms with Crippen LogP contribution in [0.4, 0.5) is 0 Å². The van der Waals surface area contributed by atoms with Crippen molar-refractivity contribution in [3.63, 3.8) is 0 Å². The third kappa shape index (κ3) is 2.97. The van der Waals surface area contributed by atoms with Crippen LogP contribution in [0.1, 0.15) is 11.1 Å². The fraction of sp³-hybridized carbons (Fsp3) is 0.286. The van der Waals surface area contributed by atoms with Crippen LogP contribution in [0.25, 0.3) is 0 Å². The monoisotopic (exact) mass is 244 g/mol. The van der Waals surface area contributed by atoms with Crippen LogP contribution in [0.15, 0.2) is 36.7 Å². The second-order valence-electron chi connectivity index (χ2n) is 3.88. The Balaban J connectivity index is 2.02. The maximum Gasteiger partial charge on any atom is 0.216 e. The van der Waals surface area contributed by atoms with E-state index in [0.29, 0.717) is 11.8 Å². The van der Waals surface area contributed by atoms with Gasteiger partial charge in [0.15, 0.2) is 0 Å². The number of methoxy groups -OCH3 is 2. The number of aromatic nitrogens is 2. The lowest BCUT2D eigenvalue weighted by Gasteiger charge is -2.06. The summed E-state index contributed by atoms with van der Waals surface area (Å²) < 4.78 is 10.3. The molecule has 0 unspecified atom stereocenters. The molecule has 0 aliphatic rings. The molecule has 2 rings (SSSR count). The summed E-state index contributed by atoms with van der Waals surface area (Å²) in [6.45, 7) is 0. The molecule has 2 aromatic heterocycles. The average Bonchev–Trinajstić information content (AvgIpc) is 2.46. The van der Waals surface area contributed by atoms with Crippen molar-refractivity contribution in [1.29, 1.82) is 0 Å². The maximum absolute atomic E-state index is 5.22. The molecule has 0 bridgehead atoms. The second-order valence-corrected chi connectivity index (χ2v) is 3.88. The minimum atomic E-state index is 0.637. The van der Waals surface area contributed by atoms with E-state index >= 15 is 0 Å². The molecule has 0 saturated carbocycles. The molecule has 0 atom stereocenters. The van der Waals surface area contributed by atoms with Crippen molar-refractivity contribution in [1.82, 2.24) is 9.97 Å². The van der Waals surface area contributed by atoms with Crippen LogP contribution in [-0.2, 0) is 12.8 Å². The van der Waals surface area contributed by atoms with Crippen LogP contribution >= 0.6 is 0 Å². The molecule has 0 amide bonds. The predicted octanol–water partition coefficient (Wildman–Crippen LogP) is 2.28. The molecule has 18 heavy (non-hydrogen) atoms. The third-order valence-electron chi connectivity index (χ3n) is 2.73. The smallest absolute Gasteiger partial charge is 0.216 e. The number of aryl methyl sites for hydroxylation is 2. The van der Waals surface area contributed by atoms with E-state index in [9.17, 15) is 0 Å². The van der Waals surface area contributed by atoms with Gasteiger partial charge >= 0.3 is 0 Å². The Kier molecular flexibility index (Phi) is 4.12. The third-order valence-corrected chi connectivity index (χ3v) is 2.73. The van der Waals surface area contributed by atoms with Gasteiger partial charge in [-0.25, -0.2) is 9.97 Å². The van der Waals surface area contributed by atoms with Crippen LogP contribution in [0, 0.1) is 0 Å². The molecule has 0 aliphatic carbocycles. The molecule has 2 heterocycles. The summed E-state index contributed by atoms with van der Waals surface area (Å²) >= 11 is 0. The van der Waals surface area contributed by atoms with Gasteiger partial charge in [-0.05, 0) is 24.5 Å². The number of hydrogen-bond donors (Lipinski definition) is 0. The van der Waals surface area contributed by atoms with E-state index in [1.807, 2.05) is 30.5 Å². The van der Waals surface area contributed by atoms with Gasteiger partial charge in [-0.15, -0.1) is 0 Å². The Morgan fingerprint density at radius 2 is 1.89 bits per heavy atom. The Morgan fingerprint density at radius 1 is 1.00 bits per heavy atom. The van der Waals surface area contributed by atoms with Gasteiger partial charge in [0.05, 0.1) is 14.2 Å². The van der Waals surface area contributed by atoms with Crippen LogP contribution in [0.2, 0.25) is 0 Å². The summed E-state index contributed by atoms with van der Waals surface area (Å²) in [5.74, 6) is 1.33. The van der Waals surface area contributed by atoms with Crippen molar-refractivity contribution in [3.8, 4) is 11.8 Å². The Labute approximate surface area is 107 Å². The number of rotatable bonds is 5. The summed E-state index contributed by atoms with van der Waals surface area (Å²) in [4.78, 5) is 8.36. The van der Waals surface area contributed by atoms with Gasteiger partial charge in [0.2, 0.25) is 11.8 Å². The zero-order valence-electron chi connectivity index (χ0n) is 10.6. The number of pyridine rings is 2. The summed E-state index contributed by atoms with van der Waals surface area (Å²) in [6, 6.07) is 7.84. The second kappa shape index (κ2) is 6.00. The molecule has 0 aliphatic heterocycles. The van der Waals surface area contributed by atoms with Gasteiger partial charge in [-0.2, -0.15) is 0 Å². The molecule has 0 fully saturated rings. The van der Waals surface area contributed by atoms with Crippen molar-refractivity contribution in [3.05, 3.63) is 47.8 Å². The molecule has 4 nitrogen and oxygen atoms in total. The highest BCUT2D eigenvalue weighted by atomic mass is 16.5. The number of nitrogens with zero attached hydrogens (tertiary/aromatic N) is 2. The van der Waals surface area contributed by atoms with Crippen LogP contribution in [0.3, 0.4) is 0 Å². The molecule has 0 spiro atoms. The molecule has 0 saturated heterocycles. The normalized spacial score (nSPS) is 10.1. The first-order valence-corrected chi connectivity index (χ1v) is 5.80. The molecule has 94 valence electrons. The summed E-state index contributed by atoms with van der Waals surface area (Å²) in [6.07, 6.45) is 5.35. The minimum Gasteiger partial charge on any atom is -0.481 e. The summed E-state index contributed by atoms with van der Waals surface area (Å²) in [5, 5.41) is 0. The van der Waals surface area contributed by atoms with Crippen molar-refractivity contribution in [2.45, 2.75) is 12.8 Å². The van der Waals surface area contributed by atoms with Gasteiger partial charge in [-0.1, -0.05) is 12.1 Å². The predicted molar refractivity (Wildman–Crippen MR) is 69.0 cm³/mol. The molecule has 2 aromatic rings. The molecule has 4 heteroatoms. The van der Waals surface area contributed by atoms with Crippen LogP contribution < -0.4 is 9.47 Å². The minimum absolute atomic E-state index is 0.637. The van der Waals surface area contributed by atoms with Gasteiger partial charge in [0, 0.05) is 24.0 Å². The highest BCUT2D eigenvalue weighted by Crippen LogP contribution is 2.16. The van der Waals surface area contributed by atoms with Crippen LogP contribution in [0.5, 0.6) is 11.8 Å². The van der Waals surface area contributed by atoms with E-state index in [1.165, 1.54) is 5.56 Å². The molecular weight excluding hydrogens is 228 g/mol. The first-order chi connectivity index (χ1) is 8.83.